The lowest BCUT2D eigenvalue weighted by Crippen LogP contribution is -2.22. The number of benzene rings is 2. The molecule has 0 fully saturated rings. The van der Waals surface area contributed by atoms with Crippen molar-refractivity contribution in [1.29, 1.82) is 0 Å². The minimum atomic E-state index is 1.01. The van der Waals surface area contributed by atoms with Gasteiger partial charge in [0.2, 0.25) is 5.36 Å². The van der Waals surface area contributed by atoms with E-state index in [1.165, 1.54) is 26.1 Å². The molecule has 0 bridgehead atoms. The molecule has 3 heteroatoms. The fourth-order valence-corrected chi connectivity index (χ4v) is 3.61. The van der Waals surface area contributed by atoms with Crippen LogP contribution >= 0.6 is 11.3 Å². The quantitative estimate of drug-likeness (QED) is 0.494. The van der Waals surface area contributed by atoms with E-state index < -0.39 is 0 Å². The number of rotatable bonds is 1. The van der Waals surface area contributed by atoms with Gasteiger partial charge in [-0.2, -0.15) is 0 Å². The highest BCUT2D eigenvalue weighted by molar-refractivity contribution is 7.21. The fourth-order valence-electron chi connectivity index (χ4n) is 2.47. The average Bonchev–Trinajstić information content (AvgIpc) is 2.44. The first-order valence-corrected chi connectivity index (χ1v) is 7.75. The van der Waals surface area contributed by atoms with E-state index in [1.807, 2.05) is 11.3 Å². The highest BCUT2D eigenvalue weighted by Gasteiger charge is 2.14. The molecule has 0 unspecified atom stereocenters. The molecule has 0 saturated heterocycles. The zero-order valence-electron chi connectivity index (χ0n) is 12.4. The van der Waals surface area contributed by atoms with Crippen LogP contribution in [0.4, 0.5) is 0 Å². The van der Waals surface area contributed by atoms with Crippen molar-refractivity contribution in [3.05, 3.63) is 46.8 Å². The van der Waals surface area contributed by atoms with Crippen LogP contribution in [-0.4, -0.2) is 19.1 Å². The van der Waals surface area contributed by atoms with E-state index in [1.54, 1.807) is 0 Å². The third-order valence-corrected chi connectivity index (χ3v) is 4.76. The Bertz CT molecular complexity index is 826. The normalized spacial score (nSPS) is 11.2. The predicted molar refractivity (Wildman–Crippen MR) is 87.5 cm³/mol. The number of para-hydroxylation sites is 1. The van der Waals surface area contributed by atoms with Gasteiger partial charge in [-0.05, 0) is 30.5 Å². The Kier molecular flexibility index (Phi) is 3.30. The molecule has 2 aliphatic rings. The van der Waals surface area contributed by atoms with Crippen LogP contribution in [0.2, 0.25) is 0 Å². The van der Waals surface area contributed by atoms with Gasteiger partial charge in [-0.1, -0.05) is 19.1 Å². The Labute approximate surface area is 123 Å². The second-order valence-corrected chi connectivity index (χ2v) is 6.42. The molecule has 1 aromatic carbocycles. The summed E-state index contributed by atoms with van der Waals surface area (Å²) >= 11 is 1.84. The Balaban J connectivity index is 2.49. The van der Waals surface area contributed by atoms with Crippen LogP contribution in [0.5, 0.6) is 0 Å². The molecule has 0 amide bonds. The Morgan fingerprint density at radius 2 is 2.00 bits per heavy atom. The van der Waals surface area contributed by atoms with Crippen LogP contribution in [-0.2, 0) is 6.42 Å². The number of hydrogen-bond donors (Lipinski definition) is 0. The first-order chi connectivity index (χ1) is 9.60. The summed E-state index contributed by atoms with van der Waals surface area (Å²) in [6, 6.07) is 10.9. The number of hydrogen-bond acceptors (Lipinski definition) is 2. The van der Waals surface area contributed by atoms with E-state index in [9.17, 15) is 0 Å². The lowest BCUT2D eigenvalue weighted by molar-refractivity contribution is 0.811. The minimum absolute atomic E-state index is 1.01. The van der Waals surface area contributed by atoms with Crippen LogP contribution in [0.3, 0.4) is 0 Å². The maximum Gasteiger partial charge on any atom is 0.201 e. The minimum Gasteiger partial charge on any atom is -0.245 e. The number of fused-ring (bicyclic) bond motifs is 2. The molecule has 1 aliphatic carbocycles. The van der Waals surface area contributed by atoms with Crippen LogP contribution in [0.25, 0.3) is 20.8 Å². The van der Waals surface area contributed by atoms with Crippen molar-refractivity contribution in [2.75, 3.05) is 14.1 Å². The van der Waals surface area contributed by atoms with Crippen molar-refractivity contribution in [2.24, 2.45) is 0 Å². The van der Waals surface area contributed by atoms with Gasteiger partial charge in [0, 0.05) is 12.1 Å². The van der Waals surface area contributed by atoms with Gasteiger partial charge >= 0.3 is 0 Å². The van der Waals surface area contributed by atoms with Gasteiger partial charge in [0.15, 0.2) is 0 Å². The largest absolute Gasteiger partial charge is 0.245 e. The van der Waals surface area contributed by atoms with Gasteiger partial charge in [-0.3, -0.25) is 0 Å². The summed E-state index contributed by atoms with van der Waals surface area (Å²) in [6.45, 7) is 4.33. The summed E-state index contributed by atoms with van der Waals surface area (Å²) in [4.78, 5) is 6.21. The first kappa shape index (κ1) is 13.3. The third-order valence-electron chi connectivity index (χ3n) is 3.68. The predicted octanol–water partition coefficient (Wildman–Crippen LogP) is 3.30. The standard InChI is InChI=1S/C17H19N2S/c1-5-12-9-13(19(3)4)10-15-17(12)18-16-11(2)7-6-8-14(16)20-15/h6-10H,5H2,1-4H3/q+1. The smallest absolute Gasteiger partial charge is 0.201 e. The van der Waals surface area contributed by atoms with Gasteiger partial charge in [0.25, 0.3) is 0 Å². The summed E-state index contributed by atoms with van der Waals surface area (Å²) in [7, 11) is 4.17. The SMILES string of the molecule is CCc1cc(=[N+](C)C)cc2sc3cccc(C)c3nc1-2. The van der Waals surface area contributed by atoms with Gasteiger partial charge in [-0.15, -0.1) is 11.3 Å². The first-order valence-electron chi connectivity index (χ1n) is 6.93. The second-order valence-electron chi connectivity index (χ2n) is 5.34. The van der Waals surface area contributed by atoms with E-state index in [2.05, 4.69) is 62.9 Å². The number of aromatic nitrogens is 1. The van der Waals surface area contributed by atoms with E-state index in [0.717, 1.165) is 17.6 Å². The van der Waals surface area contributed by atoms with Crippen molar-refractivity contribution in [1.82, 2.24) is 9.56 Å². The van der Waals surface area contributed by atoms with Crippen LogP contribution in [0.1, 0.15) is 18.1 Å². The summed E-state index contributed by atoms with van der Waals surface area (Å²) < 4.78 is 3.42. The van der Waals surface area contributed by atoms with Gasteiger partial charge in [0.05, 0.1) is 20.8 Å². The van der Waals surface area contributed by atoms with Crippen molar-refractivity contribution in [2.45, 2.75) is 20.3 Å². The topological polar surface area (TPSA) is 15.9 Å². The molecule has 0 spiro atoms. The molecule has 0 saturated carbocycles. The van der Waals surface area contributed by atoms with Gasteiger partial charge < -0.3 is 0 Å². The van der Waals surface area contributed by atoms with E-state index in [0.29, 0.717) is 0 Å². The molecule has 20 heavy (non-hydrogen) atoms. The summed E-state index contributed by atoms with van der Waals surface area (Å²) in [5.41, 5.74) is 4.87. The average molecular weight is 283 g/mol. The molecule has 1 heterocycles. The zero-order chi connectivity index (χ0) is 14.3. The summed E-state index contributed by atoms with van der Waals surface area (Å²) in [5.74, 6) is 0. The Morgan fingerprint density at radius 3 is 2.70 bits per heavy atom. The molecule has 1 aromatic rings. The maximum absolute atomic E-state index is 4.94. The molecule has 102 valence electrons. The third kappa shape index (κ3) is 2.12. The number of nitrogens with zero attached hydrogens (tertiary/aromatic N) is 2. The lowest BCUT2D eigenvalue weighted by atomic mass is 10.1. The molecule has 0 N–H and O–H groups in total. The van der Waals surface area contributed by atoms with Crippen LogP contribution in [0.15, 0.2) is 30.3 Å². The van der Waals surface area contributed by atoms with Gasteiger partial charge in [-0.25, -0.2) is 9.56 Å². The Hall–Kier alpha value is -1.74. The van der Waals surface area contributed by atoms with Crippen LogP contribution in [0, 0.1) is 6.92 Å². The van der Waals surface area contributed by atoms with E-state index in [4.69, 9.17) is 4.98 Å². The monoisotopic (exact) mass is 283 g/mol. The fraction of sp³-hybridized carbons (Fsp3) is 0.294. The van der Waals surface area contributed by atoms with Gasteiger partial charge in [0.1, 0.15) is 14.1 Å². The van der Waals surface area contributed by atoms with Crippen molar-refractivity contribution in [3.8, 4) is 10.6 Å². The molecule has 0 atom stereocenters. The zero-order valence-corrected chi connectivity index (χ0v) is 13.2. The highest BCUT2D eigenvalue weighted by atomic mass is 32.1. The molecule has 1 aliphatic heterocycles. The maximum atomic E-state index is 4.94. The summed E-state index contributed by atoms with van der Waals surface area (Å²) in [6.07, 6.45) is 1.01. The van der Waals surface area contributed by atoms with E-state index >= 15 is 0 Å². The molecular weight excluding hydrogens is 264 g/mol. The summed E-state index contributed by atoms with van der Waals surface area (Å²) in [5, 5.41) is 1.25. The van der Waals surface area contributed by atoms with Crippen molar-refractivity contribution in [3.63, 3.8) is 0 Å². The van der Waals surface area contributed by atoms with Crippen LogP contribution < -0.4 is 9.93 Å². The van der Waals surface area contributed by atoms with E-state index in [-0.39, 0.29) is 0 Å². The van der Waals surface area contributed by atoms with Crippen molar-refractivity contribution < 1.29 is 0 Å². The molecule has 3 rings (SSSR count). The highest BCUT2D eigenvalue weighted by Crippen LogP contribution is 2.32. The molecule has 2 nitrogen and oxygen atoms in total. The second kappa shape index (κ2) is 4.98. The molecular formula is C17H19N2S+. The Morgan fingerprint density at radius 1 is 1.20 bits per heavy atom. The lowest BCUT2D eigenvalue weighted by Gasteiger charge is -2.11. The van der Waals surface area contributed by atoms with Crippen molar-refractivity contribution >= 4 is 21.6 Å². The molecule has 0 radical (unpaired) electrons. The number of aryl methyl sites for hydroxylation is 2. The molecule has 0 aromatic heterocycles.